The van der Waals surface area contributed by atoms with Gasteiger partial charge >= 0.3 is 0 Å². The van der Waals surface area contributed by atoms with Crippen LogP contribution in [-0.4, -0.2) is 30.6 Å². The molecule has 0 aromatic carbocycles. The molecule has 0 bridgehead atoms. The van der Waals surface area contributed by atoms with Crippen molar-refractivity contribution in [2.45, 2.75) is 19.3 Å². The smallest absolute Gasteiger partial charge is 0.224 e. The van der Waals surface area contributed by atoms with Gasteiger partial charge in [-0.05, 0) is 19.3 Å². The molecule has 3 nitrogen and oxygen atoms in total. The van der Waals surface area contributed by atoms with Crippen LogP contribution < -0.4 is 5.32 Å². The van der Waals surface area contributed by atoms with Crippen molar-refractivity contribution in [1.82, 2.24) is 10.2 Å². The summed E-state index contributed by atoms with van der Waals surface area (Å²) < 4.78 is 0. The van der Waals surface area contributed by atoms with Crippen molar-refractivity contribution in [3.05, 3.63) is 0 Å². The first-order chi connectivity index (χ1) is 5.36. The first-order valence-corrected chi connectivity index (χ1v) is 4.36. The fraction of sp³-hybridized carbons (Fsp3) is 0.875. The van der Waals surface area contributed by atoms with Gasteiger partial charge in [-0.15, -0.1) is 0 Å². The zero-order valence-corrected chi connectivity index (χ0v) is 6.68. The standard InChI is InChI=1S/C8H14N2O/c11-8(7-2-3-7)9-6-10-4-1-5-10/h7H,1-6H2,(H,9,11). The van der Waals surface area contributed by atoms with Gasteiger partial charge < -0.3 is 5.32 Å². The van der Waals surface area contributed by atoms with E-state index in [0.717, 1.165) is 32.6 Å². The number of nitrogens with zero attached hydrogens (tertiary/aromatic N) is 1. The SMILES string of the molecule is O=C(NCN1CCC1)C1CC1. The summed E-state index contributed by atoms with van der Waals surface area (Å²) >= 11 is 0. The van der Waals surface area contributed by atoms with E-state index in [1.165, 1.54) is 6.42 Å². The minimum Gasteiger partial charge on any atom is -0.343 e. The second-order valence-corrected chi connectivity index (χ2v) is 3.45. The molecule has 2 rings (SSSR count). The number of nitrogens with one attached hydrogen (secondary N) is 1. The number of likely N-dealkylation sites (tertiary alicyclic amines) is 1. The third-order valence-corrected chi connectivity index (χ3v) is 2.37. The molecule has 11 heavy (non-hydrogen) atoms. The van der Waals surface area contributed by atoms with E-state index in [1.54, 1.807) is 0 Å². The quantitative estimate of drug-likeness (QED) is 0.628. The number of carbonyl (C=O) groups excluding carboxylic acids is 1. The maximum absolute atomic E-state index is 11.1. The van der Waals surface area contributed by atoms with Crippen molar-refractivity contribution in [2.75, 3.05) is 19.8 Å². The average Bonchev–Trinajstić information content (AvgIpc) is 2.64. The molecule has 1 saturated heterocycles. The van der Waals surface area contributed by atoms with Gasteiger partial charge in [-0.25, -0.2) is 0 Å². The minimum atomic E-state index is 0.261. The molecule has 62 valence electrons. The van der Waals surface area contributed by atoms with Gasteiger partial charge in [-0.1, -0.05) is 0 Å². The topological polar surface area (TPSA) is 32.3 Å². The molecular weight excluding hydrogens is 140 g/mol. The highest BCUT2D eigenvalue weighted by Crippen LogP contribution is 2.28. The summed E-state index contributed by atoms with van der Waals surface area (Å²) in [5.41, 5.74) is 0. The number of hydrogen-bond donors (Lipinski definition) is 1. The Kier molecular flexibility index (Phi) is 1.82. The van der Waals surface area contributed by atoms with Crippen molar-refractivity contribution < 1.29 is 4.79 Å². The van der Waals surface area contributed by atoms with Gasteiger partial charge in [0.15, 0.2) is 0 Å². The molecule has 1 heterocycles. The molecule has 1 saturated carbocycles. The van der Waals surface area contributed by atoms with Gasteiger partial charge in [-0.3, -0.25) is 9.69 Å². The van der Waals surface area contributed by atoms with E-state index < -0.39 is 0 Å². The van der Waals surface area contributed by atoms with Crippen LogP contribution in [0.4, 0.5) is 0 Å². The monoisotopic (exact) mass is 154 g/mol. The first kappa shape index (κ1) is 7.10. The Morgan fingerprint density at radius 1 is 1.45 bits per heavy atom. The van der Waals surface area contributed by atoms with E-state index in [4.69, 9.17) is 0 Å². The van der Waals surface area contributed by atoms with E-state index in [-0.39, 0.29) is 5.91 Å². The van der Waals surface area contributed by atoms with E-state index >= 15 is 0 Å². The predicted octanol–water partition coefficient (Wildman–Crippen LogP) is 0.176. The molecule has 1 aliphatic heterocycles. The average molecular weight is 154 g/mol. The maximum Gasteiger partial charge on any atom is 0.224 e. The van der Waals surface area contributed by atoms with Crippen LogP contribution in [-0.2, 0) is 4.79 Å². The lowest BCUT2D eigenvalue weighted by atomic mass is 10.2. The van der Waals surface area contributed by atoms with Crippen LogP contribution >= 0.6 is 0 Å². The molecule has 1 amide bonds. The van der Waals surface area contributed by atoms with E-state index in [2.05, 4.69) is 10.2 Å². The summed E-state index contributed by atoms with van der Waals surface area (Å²) in [5, 5.41) is 2.93. The van der Waals surface area contributed by atoms with Crippen LogP contribution in [0.2, 0.25) is 0 Å². The van der Waals surface area contributed by atoms with E-state index in [9.17, 15) is 4.79 Å². The second-order valence-electron chi connectivity index (χ2n) is 3.45. The molecule has 2 aliphatic rings. The maximum atomic E-state index is 11.1. The van der Waals surface area contributed by atoms with Gasteiger partial charge in [0, 0.05) is 19.0 Å². The number of rotatable bonds is 3. The molecule has 1 aliphatic carbocycles. The first-order valence-electron chi connectivity index (χ1n) is 4.36. The number of amides is 1. The Morgan fingerprint density at radius 2 is 2.18 bits per heavy atom. The molecule has 0 spiro atoms. The lowest BCUT2D eigenvalue weighted by Gasteiger charge is -2.30. The molecule has 0 aromatic rings. The van der Waals surface area contributed by atoms with Crippen molar-refractivity contribution in [1.29, 1.82) is 0 Å². The Balaban J connectivity index is 1.60. The molecule has 0 aromatic heterocycles. The number of carbonyl (C=O) groups is 1. The highest BCUT2D eigenvalue weighted by atomic mass is 16.2. The Morgan fingerprint density at radius 3 is 2.64 bits per heavy atom. The molecule has 0 unspecified atom stereocenters. The summed E-state index contributed by atoms with van der Waals surface area (Å²) in [6.07, 6.45) is 3.50. The van der Waals surface area contributed by atoms with Gasteiger partial charge in [0.1, 0.15) is 0 Å². The largest absolute Gasteiger partial charge is 0.343 e. The summed E-state index contributed by atoms with van der Waals surface area (Å²) in [4.78, 5) is 13.4. The molecule has 2 fully saturated rings. The molecule has 1 N–H and O–H groups in total. The molecule has 0 atom stereocenters. The van der Waals surface area contributed by atoms with E-state index in [0.29, 0.717) is 5.92 Å². The highest BCUT2D eigenvalue weighted by molar-refractivity contribution is 5.80. The van der Waals surface area contributed by atoms with Crippen LogP contribution in [0.15, 0.2) is 0 Å². The lowest BCUT2D eigenvalue weighted by molar-refractivity contribution is -0.123. The van der Waals surface area contributed by atoms with Crippen LogP contribution in [0.25, 0.3) is 0 Å². The third-order valence-electron chi connectivity index (χ3n) is 2.37. The predicted molar refractivity (Wildman–Crippen MR) is 41.9 cm³/mol. The molecular formula is C8H14N2O. The van der Waals surface area contributed by atoms with Crippen LogP contribution in [0.5, 0.6) is 0 Å². The third kappa shape index (κ3) is 1.71. The fourth-order valence-electron chi connectivity index (χ4n) is 1.22. The van der Waals surface area contributed by atoms with Gasteiger partial charge in [-0.2, -0.15) is 0 Å². The normalized spacial score (nSPS) is 24.4. The number of hydrogen-bond acceptors (Lipinski definition) is 2. The molecule has 3 heteroatoms. The van der Waals surface area contributed by atoms with Crippen molar-refractivity contribution in [2.24, 2.45) is 5.92 Å². The van der Waals surface area contributed by atoms with Crippen molar-refractivity contribution >= 4 is 5.91 Å². The minimum absolute atomic E-state index is 0.261. The van der Waals surface area contributed by atoms with Crippen molar-refractivity contribution in [3.8, 4) is 0 Å². The summed E-state index contributed by atoms with van der Waals surface area (Å²) in [5.74, 6) is 0.619. The fourth-order valence-corrected chi connectivity index (χ4v) is 1.22. The lowest BCUT2D eigenvalue weighted by Crippen LogP contribution is -2.45. The Labute approximate surface area is 66.8 Å². The highest BCUT2D eigenvalue weighted by Gasteiger charge is 2.29. The van der Waals surface area contributed by atoms with E-state index in [1.807, 2.05) is 0 Å². The van der Waals surface area contributed by atoms with Gasteiger partial charge in [0.25, 0.3) is 0 Å². The van der Waals surface area contributed by atoms with Gasteiger partial charge in [0.05, 0.1) is 6.67 Å². The zero-order valence-electron chi connectivity index (χ0n) is 6.68. The summed E-state index contributed by atoms with van der Waals surface area (Å²) in [6, 6.07) is 0. The molecule has 0 radical (unpaired) electrons. The van der Waals surface area contributed by atoms with Crippen molar-refractivity contribution in [3.63, 3.8) is 0 Å². The van der Waals surface area contributed by atoms with Gasteiger partial charge in [0.2, 0.25) is 5.91 Å². The summed E-state index contributed by atoms with van der Waals surface area (Å²) in [7, 11) is 0. The van der Waals surface area contributed by atoms with Crippen LogP contribution in [0.1, 0.15) is 19.3 Å². The Bertz CT molecular complexity index is 161. The Hall–Kier alpha value is -0.570. The second kappa shape index (κ2) is 2.81. The zero-order chi connectivity index (χ0) is 7.68. The summed E-state index contributed by atoms with van der Waals surface area (Å²) in [6.45, 7) is 3.09. The van der Waals surface area contributed by atoms with Crippen LogP contribution in [0, 0.1) is 5.92 Å². The van der Waals surface area contributed by atoms with Crippen LogP contribution in [0.3, 0.4) is 0 Å².